The van der Waals surface area contributed by atoms with Crippen LogP contribution in [0.15, 0.2) is 0 Å². The van der Waals surface area contributed by atoms with Gasteiger partial charge < -0.3 is 15.1 Å². The fraction of sp³-hybridized carbons (Fsp3) is 1.00. The molecule has 0 aromatic heterocycles. The van der Waals surface area contributed by atoms with Crippen LogP contribution in [-0.2, 0) is 4.57 Å². The maximum absolute atomic E-state index is 9.30. The predicted octanol–water partition coefficient (Wildman–Crippen LogP) is 1.70. The Kier molecular flexibility index (Phi) is 10.5. The van der Waals surface area contributed by atoms with Gasteiger partial charge in [0, 0.05) is 0 Å². The van der Waals surface area contributed by atoms with Gasteiger partial charge in [-0.2, -0.15) is 0 Å². The lowest BCUT2D eigenvalue weighted by Crippen LogP contribution is -2.10. The SMILES string of the molecule is CCCC(O)CO.O=P(O)(Cl)Cl. The van der Waals surface area contributed by atoms with E-state index in [1.807, 2.05) is 6.92 Å². The summed E-state index contributed by atoms with van der Waals surface area (Å²) in [6.45, 7) is 1.87. The number of rotatable bonds is 3. The molecule has 12 heavy (non-hydrogen) atoms. The summed E-state index contributed by atoms with van der Waals surface area (Å²) in [5.41, 5.74) is 0. The Balaban J connectivity index is 0. The number of aliphatic hydroxyl groups is 2. The van der Waals surface area contributed by atoms with E-state index in [1.165, 1.54) is 0 Å². The number of hydrogen-bond donors (Lipinski definition) is 3. The van der Waals surface area contributed by atoms with Crippen LogP contribution in [0.5, 0.6) is 0 Å². The van der Waals surface area contributed by atoms with Gasteiger partial charge >= 0.3 is 6.07 Å². The summed E-state index contributed by atoms with van der Waals surface area (Å²) in [5.74, 6) is 0. The van der Waals surface area contributed by atoms with Gasteiger partial charge in [-0.05, 0) is 28.9 Å². The lowest BCUT2D eigenvalue weighted by Gasteiger charge is -2.01. The highest BCUT2D eigenvalue weighted by Crippen LogP contribution is 2.51. The maximum atomic E-state index is 9.30. The van der Waals surface area contributed by atoms with Gasteiger partial charge in [-0.3, -0.25) is 4.57 Å². The minimum Gasteiger partial charge on any atom is -0.394 e. The average Bonchev–Trinajstić information content (AvgIpc) is 1.85. The topological polar surface area (TPSA) is 77.8 Å². The third-order valence-electron chi connectivity index (χ3n) is 0.833. The van der Waals surface area contributed by atoms with Crippen molar-refractivity contribution in [3.63, 3.8) is 0 Å². The molecule has 0 bridgehead atoms. The molecule has 7 heteroatoms. The van der Waals surface area contributed by atoms with E-state index in [-0.39, 0.29) is 6.61 Å². The highest BCUT2D eigenvalue weighted by atomic mass is 35.9. The second-order valence-electron chi connectivity index (χ2n) is 2.06. The molecule has 3 N–H and O–H groups in total. The molecule has 0 radical (unpaired) electrons. The number of halogens is 2. The summed E-state index contributed by atoms with van der Waals surface area (Å²) in [4.78, 5) is 7.61. The van der Waals surface area contributed by atoms with Gasteiger partial charge in [0.2, 0.25) is 0 Å². The van der Waals surface area contributed by atoms with Crippen LogP contribution in [0.3, 0.4) is 0 Å². The minimum absolute atomic E-state index is 0.103. The van der Waals surface area contributed by atoms with Crippen LogP contribution >= 0.6 is 28.6 Å². The Morgan fingerprint density at radius 3 is 1.92 bits per heavy atom. The molecule has 4 nitrogen and oxygen atoms in total. The van der Waals surface area contributed by atoms with Crippen molar-refractivity contribution in [3.05, 3.63) is 0 Å². The Labute approximate surface area is 81.2 Å². The first kappa shape index (κ1) is 15.2. The molecule has 0 aliphatic carbocycles. The fourth-order valence-electron chi connectivity index (χ4n) is 0.425. The van der Waals surface area contributed by atoms with Gasteiger partial charge in [-0.25, -0.2) is 0 Å². The summed E-state index contributed by atoms with van der Waals surface area (Å²) in [6.07, 6.45) is -2.55. The van der Waals surface area contributed by atoms with Gasteiger partial charge in [0.05, 0.1) is 12.7 Å². The summed E-state index contributed by atoms with van der Waals surface area (Å²) in [6, 6.07) is 0. The van der Waals surface area contributed by atoms with E-state index in [9.17, 15) is 4.57 Å². The smallest absolute Gasteiger partial charge is 0.377 e. The van der Waals surface area contributed by atoms with E-state index < -0.39 is 12.2 Å². The van der Waals surface area contributed by atoms with Crippen LogP contribution in [0.25, 0.3) is 0 Å². The average molecular weight is 239 g/mol. The van der Waals surface area contributed by atoms with E-state index >= 15 is 0 Å². The van der Waals surface area contributed by atoms with Crippen LogP contribution in [0.2, 0.25) is 0 Å². The summed E-state index contributed by atoms with van der Waals surface area (Å²) < 4.78 is 9.30. The van der Waals surface area contributed by atoms with Crippen molar-refractivity contribution in [2.75, 3.05) is 6.61 Å². The first-order chi connectivity index (χ1) is 5.31. The van der Waals surface area contributed by atoms with E-state index in [0.29, 0.717) is 6.42 Å². The van der Waals surface area contributed by atoms with Gasteiger partial charge in [-0.15, -0.1) is 0 Å². The first-order valence-electron chi connectivity index (χ1n) is 3.32. The van der Waals surface area contributed by atoms with E-state index in [2.05, 4.69) is 22.5 Å². The Morgan fingerprint density at radius 1 is 1.50 bits per heavy atom. The van der Waals surface area contributed by atoms with Crippen LogP contribution < -0.4 is 0 Å². The minimum atomic E-state index is -3.69. The monoisotopic (exact) mass is 238 g/mol. The zero-order chi connectivity index (χ0) is 10.2. The van der Waals surface area contributed by atoms with E-state index in [4.69, 9.17) is 15.1 Å². The standard InChI is InChI=1S/C5H12O2.Cl2HO2P/c1-2-3-5(7)4-6;1-5(2,3)4/h5-7H,2-4H2,1H3;(H,3,4). The molecule has 0 saturated carbocycles. The van der Waals surface area contributed by atoms with Gasteiger partial charge in [0.1, 0.15) is 0 Å². The van der Waals surface area contributed by atoms with Gasteiger partial charge in [-0.1, -0.05) is 13.3 Å². The molecule has 0 saturated heterocycles. The van der Waals surface area contributed by atoms with Crippen molar-refractivity contribution in [3.8, 4) is 0 Å². The lowest BCUT2D eigenvalue weighted by molar-refractivity contribution is 0.0877. The summed E-state index contributed by atoms with van der Waals surface area (Å²) >= 11 is 8.81. The van der Waals surface area contributed by atoms with Crippen LogP contribution in [0.1, 0.15) is 19.8 Å². The zero-order valence-electron chi connectivity index (χ0n) is 6.65. The summed E-state index contributed by atoms with van der Waals surface area (Å²) in [5, 5.41) is 16.8. The Bertz CT molecular complexity index is 129. The predicted molar refractivity (Wildman–Crippen MR) is 49.5 cm³/mol. The molecule has 0 heterocycles. The van der Waals surface area contributed by atoms with Gasteiger partial charge in [0.15, 0.2) is 0 Å². The highest BCUT2D eigenvalue weighted by molar-refractivity contribution is 8.04. The number of aliphatic hydroxyl groups excluding tert-OH is 2. The Morgan fingerprint density at radius 2 is 1.83 bits per heavy atom. The molecule has 0 rings (SSSR count). The van der Waals surface area contributed by atoms with Crippen molar-refractivity contribution in [1.29, 1.82) is 0 Å². The molecule has 1 unspecified atom stereocenters. The molecule has 0 aromatic rings. The van der Waals surface area contributed by atoms with Crippen molar-refractivity contribution in [2.24, 2.45) is 0 Å². The molecule has 76 valence electrons. The number of hydrogen-bond acceptors (Lipinski definition) is 3. The molecule has 0 aliphatic heterocycles. The molecular formula is C5H13Cl2O4P. The second kappa shape index (κ2) is 8.30. The van der Waals surface area contributed by atoms with Crippen molar-refractivity contribution >= 4 is 28.6 Å². The zero-order valence-corrected chi connectivity index (χ0v) is 9.06. The molecule has 0 amide bonds. The van der Waals surface area contributed by atoms with Crippen molar-refractivity contribution in [1.82, 2.24) is 0 Å². The molecule has 0 aliphatic rings. The molecule has 0 aromatic carbocycles. The lowest BCUT2D eigenvalue weighted by atomic mass is 10.2. The molecule has 1 atom stereocenters. The quantitative estimate of drug-likeness (QED) is 0.655. The molecule has 0 spiro atoms. The van der Waals surface area contributed by atoms with E-state index in [0.717, 1.165) is 6.42 Å². The Hall–Kier alpha value is 0.690. The third kappa shape index (κ3) is 31.0. The normalized spacial score (nSPS) is 13.2. The molecular weight excluding hydrogens is 226 g/mol. The largest absolute Gasteiger partial charge is 0.394 e. The van der Waals surface area contributed by atoms with Crippen molar-refractivity contribution < 1.29 is 19.7 Å². The van der Waals surface area contributed by atoms with Crippen LogP contribution in [-0.4, -0.2) is 27.8 Å². The first-order valence-corrected chi connectivity index (χ1v) is 6.79. The van der Waals surface area contributed by atoms with Gasteiger partial charge in [0.25, 0.3) is 0 Å². The van der Waals surface area contributed by atoms with Crippen LogP contribution in [0, 0.1) is 0 Å². The van der Waals surface area contributed by atoms with Crippen LogP contribution in [0.4, 0.5) is 0 Å². The fourth-order valence-corrected chi connectivity index (χ4v) is 0.425. The highest BCUT2D eigenvalue weighted by Gasteiger charge is 2.02. The second-order valence-corrected chi connectivity index (χ2v) is 6.20. The maximum Gasteiger partial charge on any atom is 0.377 e. The third-order valence-corrected chi connectivity index (χ3v) is 0.833. The van der Waals surface area contributed by atoms with Crippen molar-refractivity contribution in [2.45, 2.75) is 25.9 Å². The van der Waals surface area contributed by atoms with E-state index in [1.54, 1.807) is 0 Å². The summed E-state index contributed by atoms with van der Waals surface area (Å²) in [7, 11) is 0. The molecule has 0 fully saturated rings.